The van der Waals surface area contributed by atoms with Crippen LogP contribution in [0.2, 0.25) is 5.02 Å². The third-order valence-corrected chi connectivity index (χ3v) is 2.88. The van der Waals surface area contributed by atoms with Crippen molar-refractivity contribution in [3.8, 4) is 0 Å². The van der Waals surface area contributed by atoms with E-state index in [0.717, 1.165) is 5.82 Å². The molecule has 0 saturated carbocycles. The van der Waals surface area contributed by atoms with Crippen molar-refractivity contribution in [3.63, 3.8) is 0 Å². The third kappa shape index (κ3) is 2.36. The van der Waals surface area contributed by atoms with Crippen LogP contribution in [0.25, 0.3) is 0 Å². The SMILES string of the molecule is Fc1ccc(Cl)c(Cn2ccnc2CCl)c1. The molecular weight excluding hydrogens is 250 g/mol. The summed E-state index contributed by atoms with van der Waals surface area (Å²) in [5.74, 6) is 0.758. The molecule has 0 unspecified atom stereocenters. The van der Waals surface area contributed by atoms with Crippen molar-refractivity contribution in [2.45, 2.75) is 12.4 Å². The molecule has 0 N–H and O–H groups in total. The molecule has 0 aliphatic rings. The minimum atomic E-state index is -0.299. The number of hydrogen-bond acceptors (Lipinski definition) is 1. The average molecular weight is 259 g/mol. The van der Waals surface area contributed by atoms with Gasteiger partial charge in [-0.05, 0) is 23.8 Å². The van der Waals surface area contributed by atoms with Crippen LogP contribution in [-0.4, -0.2) is 9.55 Å². The molecule has 0 atom stereocenters. The monoisotopic (exact) mass is 258 g/mol. The van der Waals surface area contributed by atoms with Crippen LogP contribution in [0.4, 0.5) is 4.39 Å². The molecule has 1 aromatic heterocycles. The van der Waals surface area contributed by atoms with Crippen molar-refractivity contribution in [1.82, 2.24) is 9.55 Å². The Labute approximate surface area is 103 Å². The van der Waals surface area contributed by atoms with Gasteiger partial charge in [-0.25, -0.2) is 9.37 Å². The maximum absolute atomic E-state index is 13.0. The molecule has 0 bridgehead atoms. The maximum atomic E-state index is 13.0. The van der Waals surface area contributed by atoms with E-state index in [1.165, 1.54) is 12.1 Å². The molecule has 84 valence electrons. The molecule has 16 heavy (non-hydrogen) atoms. The summed E-state index contributed by atoms with van der Waals surface area (Å²) in [6.07, 6.45) is 3.45. The van der Waals surface area contributed by atoms with Crippen LogP contribution in [0.3, 0.4) is 0 Å². The summed E-state index contributed by atoms with van der Waals surface area (Å²) < 4.78 is 14.9. The van der Waals surface area contributed by atoms with Gasteiger partial charge in [-0.15, -0.1) is 11.6 Å². The number of aromatic nitrogens is 2. The lowest BCUT2D eigenvalue weighted by molar-refractivity contribution is 0.623. The highest BCUT2D eigenvalue weighted by Gasteiger charge is 2.06. The van der Waals surface area contributed by atoms with Gasteiger partial charge in [0.25, 0.3) is 0 Å². The summed E-state index contributed by atoms with van der Waals surface area (Å²) in [7, 11) is 0. The predicted molar refractivity (Wildman–Crippen MR) is 62.3 cm³/mol. The first-order valence-electron chi connectivity index (χ1n) is 4.70. The summed E-state index contributed by atoms with van der Waals surface area (Å²) in [5.41, 5.74) is 0.714. The van der Waals surface area contributed by atoms with E-state index in [0.29, 0.717) is 23.0 Å². The quantitative estimate of drug-likeness (QED) is 0.772. The van der Waals surface area contributed by atoms with E-state index in [9.17, 15) is 4.39 Å². The molecule has 2 nitrogen and oxygen atoms in total. The van der Waals surface area contributed by atoms with Crippen molar-refractivity contribution in [1.29, 1.82) is 0 Å². The fourth-order valence-electron chi connectivity index (χ4n) is 1.46. The molecule has 0 fully saturated rings. The second-order valence-electron chi connectivity index (χ2n) is 3.34. The Hall–Kier alpha value is -1.06. The highest BCUT2D eigenvalue weighted by atomic mass is 35.5. The van der Waals surface area contributed by atoms with Gasteiger partial charge >= 0.3 is 0 Å². The lowest BCUT2D eigenvalue weighted by Gasteiger charge is -2.07. The Kier molecular flexibility index (Phi) is 3.46. The van der Waals surface area contributed by atoms with Crippen LogP contribution in [-0.2, 0) is 12.4 Å². The van der Waals surface area contributed by atoms with Crippen LogP contribution >= 0.6 is 23.2 Å². The molecule has 0 aliphatic heterocycles. The fraction of sp³-hybridized carbons (Fsp3) is 0.182. The zero-order valence-corrected chi connectivity index (χ0v) is 9.84. The Morgan fingerprint density at radius 1 is 1.38 bits per heavy atom. The third-order valence-electron chi connectivity index (χ3n) is 2.27. The van der Waals surface area contributed by atoms with Gasteiger partial charge in [0.1, 0.15) is 11.6 Å². The summed E-state index contributed by atoms with van der Waals surface area (Å²) in [6.45, 7) is 0.471. The molecule has 0 radical (unpaired) electrons. The minimum Gasteiger partial charge on any atom is -0.329 e. The Balaban J connectivity index is 2.30. The Morgan fingerprint density at radius 2 is 2.19 bits per heavy atom. The van der Waals surface area contributed by atoms with Gasteiger partial charge in [0.15, 0.2) is 0 Å². The van der Waals surface area contributed by atoms with Gasteiger partial charge in [0.05, 0.1) is 12.4 Å². The molecule has 1 heterocycles. The molecule has 0 spiro atoms. The number of benzene rings is 1. The zero-order chi connectivity index (χ0) is 11.5. The fourth-order valence-corrected chi connectivity index (χ4v) is 1.86. The van der Waals surface area contributed by atoms with E-state index in [1.54, 1.807) is 18.5 Å². The lowest BCUT2D eigenvalue weighted by atomic mass is 10.2. The number of halogens is 3. The summed E-state index contributed by atoms with van der Waals surface area (Å²) in [4.78, 5) is 4.08. The Morgan fingerprint density at radius 3 is 2.94 bits per heavy atom. The van der Waals surface area contributed by atoms with Gasteiger partial charge in [0.2, 0.25) is 0 Å². The first-order chi connectivity index (χ1) is 7.70. The van der Waals surface area contributed by atoms with Crippen LogP contribution in [0.15, 0.2) is 30.6 Å². The number of nitrogens with zero attached hydrogens (tertiary/aromatic N) is 2. The molecule has 0 amide bonds. The summed E-state index contributed by atoms with van der Waals surface area (Å²) >= 11 is 11.7. The van der Waals surface area contributed by atoms with E-state index in [-0.39, 0.29) is 5.82 Å². The van der Waals surface area contributed by atoms with E-state index < -0.39 is 0 Å². The highest BCUT2D eigenvalue weighted by molar-refractivity contribution is 6.31. The van der Waals surface area contributed by atoms with Crippen molar-refractivity contribution in [2.75, 3.05) is 0 Å². The molecule has 5 heteroatoms. The molecule has 0 saturated heterocycles. The zero-order valence-electron chi connectivity index (χ0n) is 8.33. The molecule has 2 rings (SSSR count). The summed E-state index contributed by atoms with van der Waals surface area (Å²) in [6, 6.07) is 4.30. The minimum absolute atomic E-state index is 0.299. The topological polar surface area (TPSA) is 17.8 Å². The Bertz CT molecular complexity index is 496. The highest BCUT2D eigenvalue weighted by Crippen LogP contribution is 2.19. The van der Waals surface area contributed by atoms with E-state index in [2.05, 4.69) is 4.98 Å². The van der Waals surface area contributed by atoms with Crippen molar-refractivity contribution >= 4 is 23.2 Å². The van der Waals surface area contributed by atoms with E-state index in [4.69, 9.17) is 23.2 Å². The van der Waals surface area contributed by atoms with Gasteiger partial charge in [-0.2, -0.15) is 0 Å². The van der Waals surface area contributed by atoms with Crippen LogP contribution in [0.1, 0.15) is 11.4 Å². The number of imidazole rings is 1. The molecule has 0 aliphatic carbocycles. The molecule has 1 aromatic carbocycles. The summed E-state index contributed by atoms with van der Waals surface area (Å²) in [5, 5.41) is 0.538. The van der Waals surface area contributed by atoms with Gasteiger partial charge in [-0.3, -0.25) is 0 Å². The lowest BCUT2D eigenvalue weighted by Crippen LogP contribution is -2.03. The maximum Gasteiger partial charge on any atom is 0.123 e. The number of alkyl halides is 1. The predicted octanol–water partition coefficient (Wildman–Crippen LogP) is 3.46. The second-order valence-corrected chi connectivity index (χ2v) is 4.02. The smallest absolute Gasteiger partial charge is 0.123 e. The standard InChI is InChI=1S/C11H9Cl2FN2/c12-6-11-15-3-4-16(11)7-8-5-9(14)1-2-10(8)13/h1-5H,6-7H2. The first kappa shape index (κ1) is 11.4. The number of rotatable bonds is 3. The van der Waals surface area contributed by atoms with Crippen LogP contribution in [0.5, 0.6) is 0 Å². The van der Waals surface area contributed by atoms with Crippen LogP contribution in [0, 0.1) is 5.82 Å². The van der Waals surface area contributed by atoms with Gasteiger partial charge in [0, 0.05) is 17.4 Å². The molecular formula is C11H9Cl2FN2. The van der Waals surface area contributed by atoms with E-state index in [1.807, 2.05) is 4.57 Å². The van der Waals surface area contributed by atoms with Gasteiger partial charge in [-0.1, -0.05) is 11.6 Å². The van der Waals surface area contributed by atoms with Gasteiger partial charge < -0.3 is 4.57 Å². The van der Waals surface area contributed by atoms with Crippen molar-refractivity contribution in [3.05, 3.63) is 52.8 Å². The first-order valence-corrected chi connectivity index (χ1v) is 5.62. The normalized spacial score (nSPS) is 10.7. The van der Waals surface area contributed by atoms with Crippen molar-refractivity contribution < 1.29 is 4.39 Å². The van der Waals surface area contributed by atoms with Crippen LogP contribution < -0.4 is 0 Å². The average Bonchev–Trinajstić information content (AvgIpc) is 2.71. The second kappa shape index (κ2) is 4.85. The number of hydrogen-bond donors (Lipinski definition) is 0. The largest absolute Gasteiger partial charge is 0.329 e. The molecule has 2 aromatic rings. The van der Waals surface area contributed by atoms with Crippen molar-refractivity contribution in [2.24, 2.45) is 0 Å². The van der Waals surface area contributed by atoms with E-state index >= 15 is 0 Å².